The van der Waals surface area contributed by atoms with Crippen molar-refractivity contribution in [1.29, 1.82) is 5.26 Å². The number of benzene rings is 2. The van der Waals surface area contributed by atoms with Gasteiger partial charge in [-0.1, -0.05) is 30.3 Å². The van der Waals surface area contributed by atoms with Gasteiger partial charge in [-0.25, -0.2) is 4.98 Å². The number of nitrogens with zero attached hydrogens (tertiary/aromatic N) is 5. The van der Waals surface area contributed by atoms with Crippen LogP contribution in [-0.4, -0.2) is 41.0 Å². The Kier molecular flexibility index (Phi) is 5.22. The molecule has 146 valence electrons. The van der Waals surface area contributed by atoms with Crippen molar-refractivity contribution in [3.8, 4) is 6.07 Å². The molecule has 0 saturated carbocycles. The number of rotatable bonds is 5. The summed E-state index contributed by atoms with van der Waals surface area (Å²) in [5.41, 5.74) is 2.08. The lowest BCUT2D eigenvalue weighted by Gasteiger charge is -2.39. The number of aromatic nitrogens is 1. The number of hydrogen-bond donors (Lipinski definition) is 0. The topological polar surface area (TPSA) is 99.4 Å². The van der Waals surface area contributed by atoms with Crippen LogP contribution in [0.1, 0.15) is 23.1 Å². The number of hydrogen-bond acceptors (Lipinski definition) is 7. The number of piperazine rings is 1. The van der Waals surface area contributed by atoms with Crippen LogP contribution in [0.3, 0.4) is 0 Å². The van der Waals surface area contributed by atoms with Gasteiger partial charge in [-0.2, -0.15) is 5.26 Å². The highest BCUT2D eigenvalue weighted by molar-refractivity contribution is 5.63. The van der Waals surface area contributed by atoms with Gasteiger partial charge in [-0.3, -0.25) is 15.0 Å². The van der Waals surface area contributed by atoms with Crippen molar-refractivity contribution in [2.75, 3.05) is 31.1 Å². The fraction of sp³-hybridized carbons (Fsp3) is 0.238. The summed E-state index contributed by atoms with van der Waals surface area (Å²) in [6.45, 7) is 2.86. The summed E-state index contributed by atoms with van der Waals surface area (Å²) in [6.07, 6.45) is 3.23. The van der Waals surface area contributed by atoms with Gasteiger partial charge < -0.3 is 9.32 Å². The zero-order chi connectivity index (χ0) is 20.2. The second kappa shape index (κ2) is 8.12. The summed E-state index contributed by atoms with van der Waals surface area (Å²) in [5.74, 6) is 0.651. The lowest BCUT2D eigenvalue weighted by atomic mass is 10.0. The zero-order valence-electron chi connectivity index (χ0n) is 15.6. The van der Waals surface area contributed by atoms with E-state index < -0.39 is 4.92 Å². The Labute approximate surface area is 167 Å². The van der Waals surface area contributed by atoms with Crippen molar-refractivity contribution in [1.82, 2.24) is 9.88 Å². The maximum Gasteiger partial charge on any atom is 0.270 e. The van der Waals surface area contributed by atoms with E-state index in [1.54, 1.807) is 18.5 Å². The van der Waals surface area contributed by atoms with Gasteiger partial charge in [0.2, 0.25) is 5.89 Å². The summed E-state index contributed by atoms with van der Waals surface area (Å²) >= 11 is 0. The first-order valence-corrected chi connectivity index (χ1v) is 9.29. The second-order valence-electron chi connectivity index (χ2n) is 6.78. The quantitative estimate of drug-likeness (QED) is 0.487. The molecule has 1 fully saturated rings. The standard InChI is InChI=1S/C21H19N5O3/c22-15-17-14-18(26(27)28)6-7-19(17)24-9-11-25(12-10-24)20(21-23-8-13-29-21)16-4-2-1-3-5-16/h1-8,13-14,20H,9-12H2. The molecule has 2 heterocycles. The van der Waals surface area contributed by atoms with E-state index in [-0.39, 0.29) is 11.7 Å². The van der Waals surface area contributed by atoms with Crippen LogP contribution < -0.4 is 4.90 Å². The molecule has 8 heteroatoms. The number of oxazole rings is 1. The Bertz CT molecular complexity index is 1020. The third-order valence-electron chi connectivity index (χ3n) is 5.13. The van der Waals surface area contributed by atoms with Crippen molar-refractivity contribution < 1.29 is 9.34 Å². The molecule has 1 aliphatic rings. The Hall–Kier alpha value is -3.70. The van der Waals surface area contributed by atoms with E-state index in [2.05, 4.69) is 33.0 Å². The number of non-ortho nitro benzene ring substituents is 1. The van der Waals surface area contributed by atoms with Crippen LogP contribution in [-0.2, 0) is 0 Å². The molecule has 0 bridgehead atoms. The molecule has 3 aromatic rings. The molecule has 0 radical (unpaired) electrons. The summed E-state index contributed by atoms with van der Waals surface area (Å²) in [4.78, 5) is 19.3. The van der Waals surface area contributed by atoms with Crippen LogP contribution in [0.15, 0.2) is 65.4 Å². The van der Waals surface area contributed by atoms with Crippen LogP contribution in [0, 0.1) is 21.4 Å². The minimum absolute atomic E-state index is 0.0722. The molecule has 1 aliphatic heterocycles. The fourth-order valence-corrected chi connectivity index (χ4v) is 3.74. The number of anilines is 1. The molecule has 0 aliphatic carbocycles. The number of nitriles is 1. The highest BCUT2D eigenvalue weighted by atomic mass is 16.6. The van der Waals surface area contributed by atoms with Crippen LogP contribution in [0.4, 0.5) is 11.4 Å². The summed E-state index contributed by atoms with van der Waals surface area (Å²) in [5, 5.41) is 20.4. The molecule has 2 aromatic carbocycles. The molecule has 1 saturated heterocycles. The minimum atomic E-state index is -0.483. The molecular weight excluding hydrogens is 370 g/mol. The highest BCUT2D eigenvalue weighted by Gasteiger charge is 2.30. The van der Waals surface area contributed by atoms with E-state index >= 15 is 0 Å². The molecule has 0 amide bonds. The predicted molar refractivity (Wildman–Crippen MR) is 106 cm³/mol. The third-order valence-corrected chi connectivity index (χ3v) is 5.13. The van der Waals surface area contributed by atoms with Gasteiger partial charge in [-0.15, -0.1) is 0 Å². The maximum absolute atomic E-state index is 11.0. The van der Waals surface area contributed by atoms with E-state index in [4.69, 9.17) is 4.42 Å². The molecule has 1 unspecified atom stereocenters. The first-order valence-electron chi connectivity index (χ1n) is 9.29. The first kappa shape index (κ1) is 18.7. The van der Waals surface area contributed by atoms with Crippen molar-refractivity contribution in [3.63, 3.8) is 0 Å². The second-order valence-corrected chi connectivity index (χ2v) is 6.78. The smallest absolute Gasteiger partial charge is 0.270 e. The summed E-state index contributed by atoms with van der Waals surface area (Å²) in [7, 11) is 0. The van der Waals surface area contributed by atoms with E-state index in [1.165, 1.54) is 12.1 Å². The average Bonchev–Trinajstić information content (AvgIpc) is 3.29. The van der Waals surface area contributed by atoms with Crippen molar-refractivity contribution in [2.24, 2.45) is 0 Å². The van der Waals surface area contributed by atoms with Gasteiger partial charge in [0, 0.05) is 38.3 Å². The first-order chi connectivity index (χ1) is 14.2. The Morgan fingerprint density at radius 1 is 1.14 bits per heavy atom. The molecule has 1 atom stereocenters. The van der Waals surface area contributed by atoms with E-state index in [0.29, 0.717) is 24.5 Å². The van der Waals surface area contributed by atoms with E-state index in [9.17, 15) is 15.4 Å². The molecule has 0 N–H and O–H groups in total. The monoisotopic (exact) mass is 389 g/mol. The fourth-order valence-electron chi connectivity index (χ4n) is 3.74. The molecule has 8 nitrogen and oxygen atoms in total. The lowest BCUT2D eigenvalue weighted by Crippen LogP contribution is -2.48. The van der Waals surface area contributed by atoms with Crippen molar-refractivity contribution in [3.05, 3.63) is 88.1 Å². The number of nitro benzene ring substituents is 1. The Morgan fingerprint density at radius 2 is 1.90 bits per heavy atom. The molecule has 4 rings (SSSR count). The zero-order valence-corrected chi connectivity index (χ0v) is 15.6. The highest BCUT2D eigenvalue weighted by Crippen LogP contribution is 2.31. The van der Waals surface area contributed by atoms with Crippen LogP contribution >= 0.6 is 0 Å². The lowest BCUT2D eigenvalue weighted by molar-refractivity contribution is -0.384. The van der Waals surface area contributed by atoms with E-state index in [0.717, 1.165) is 24.3 Å². The maximum atomic E-state index is 11.0. The summed E-state index contributed by atoms with van der Waals surface area (Å²) < 4.78 is 5.61. The number of nitro groups is 1. The normalized spacial score (nSPS) is 15.6. The van der Waals surface area contributed by atoms with Crippen LogP contribution in [0.25, 0.3) is 0 Å². The SMILES string of the molecule is N#Cc1cc([N+](=O)[O-])ccc1N1CCN(C(c2ccccc2)c2ncco2)CC1. The molecule has 0 spiro atoms. The van der Waals surface area contributed by atoms with Gasteiger partial charge in [0.15, 0.2) is 0 Å². The van der Waals surface area contributed by atoms with Crippen LogP contribution in [0.5, 0.6) is 0 Å². The Morgan fingerprint density at radius 3 is 2.52 bits per heavy atom. The van der Waals surface area contributed by atoms with Gasteiger partial charge in [0.05, 0.1) is 22.4 Å². The van der Waals surface area contributed by atoms with Crippen molar-refractivity contribution in [2.45, 2.75) is 6.04 Å². The van der Waals surface area contributed by atoms with Gasteiger partial charge in [0.25, 0.3) is 5.69 Å². The molecule has 1 aromatic heterocycles. The molecular formula is C21H19N5O3. The van der Waals surface area contributed by atoms with E-state index in [1.807, 2.05) is 18.2 Å². The van der Waals surface area contributed by atoms with Crippen LogP contribution in [0.2, 0.25) is 0 Å². The van der Waals surface area contributed by atoms with Gasteiger partial charge in [-0.05, 0) is 11.6 Å². The minimum Gasteiger partial charge on any atom is -0.447 e. The molecule has 29 heavy (non-hydrogen) atoms. The average molecular weight is 389 g/mol. The predicted octanol–water partition coefficient (Wildman–Crippen LogP) is 3.37. The van der Waals surface area contributed by atoms with Gasteiger partial charge in [0.1, 0.15) is 18.4 Å². The Balaban J connectivity index is 1.54. The summed E-state index contributed by atoms with van der Waals surface area (Å²) in [6, 6.07) is 16.5. The van der Waals surface area contributed by atoms with Gasteiger partial charge >= 0.3 is 0 Å². The largest absolute Gasteiger partial charge is 0.447 e. The van der Waals surface area contributed by atoms with Crippen molar-refractivity contribution >= 4 is 11.4 Å². The third kappa shape index (κ3) is 3.81.